The number of benzene rings is 1. The van der Waals surface area contributed by atoms with Crippen molar-refractivity contribution in [2.75, 3.05) is 23.8 Å². The minimum Gasteiger partial charge on any atom is -0.397 e. The quantitative estimate of drug-likeness (QED) is 0.399. The fraction of sp³-hybridized carbons (Fsp3) is 0.455. The molecule has 0 bridgehead atoms. The summed E-state index contributed by atoms with van der Waals surface area (Å²) in [5.74, 6) is -0.713. The van der Waals surface area contributed by atoms with Gasteiger partial charge in [0, 0.05) is 26.7 Å². The Morgan fingerprint density at radius 2 is 2.00 bits per heavy atom. The van der Waals surface area contributed by atoms with Gasteiger partial charge in [-0.1, -0.05) is 19.6 Å². The molecule has 32 heavy (non-hydrogen) atoms. The number of rotatable bonds is 7. The van der Waals surface area contributed by atoms with Crippen molar-refractivity contribution in [3.05, 3.63) is 47.7 Å². The number of aromatic nitrogens is 3. The van der Waals surface area contributed by atoms with E-state index in [1.54, 1.807) is 15.6 Å². The van der Waals surface area contributed by atoms with Gasteiger partial charge in [0.15, 0.2) is 11.5 Å². The largest absolute Gasteiger partial charge is 0.397 e. The van der Waals surface area contributed by atoms with Gasteiger partial charge in [-0.2, -0.15) is 5.10 Å². The molecule has 3 aromatic rings. The predicted molar refractivity (Wildman–Crippen MR) is 122 cm³/mol. The number of fused-ring (bicyclic) bond motifs is 1. The number of hydrogen-bond donors (Lipinski definition) is 1. The lowest BCUT2D eigenvalue weighted by atomic mass is 10.0. The van der Waals surface area contributed by atoms with Crippen molar-refractivity contribution in [1.29, 1.82) is 0 Å². The number of nitrogens with zero attached hydrogens (tertiary/aromatic N) is 4. The summed E-state index contributed by atoms with van der Waals surface area (Å²) in [5.41, 5.74) is 7.04. The van der Waals surface area contributed by atoms with Crippen LogP contribution in [0.3, 0.4) is 0 Å². The van der Waals surface area contributed by atoms with Crippen LogP contribution in [0.5, 0.6) is 0 Å². The lowest BCUT2D eigenvalue weighted by Gasteiger charge is -2.25. The maximum Gasteiger partial charge on any atom is 0.162 e. The molecule has 3 heterocycles. The van der Waals surface area contributed by atoms with Gasteiger partial charge >= 0.3 is 0 Å². The van der Waals surface area contributed by atoms with Gasteiger partial charge in [0.1, 0.15) is 24.5 Å². The Morgan fingerprint density at radius 1 is 1.22 bits per heavy atom. The zero-order valence-electron chi connectivity index (χ0n) is 18.5. The van der Waals surface area contributed by atoms with E-state index in [2.05, 4.69) is 29.7 Å². The molecule has 0 spiro atoms. The van der Waals surface area contributed by atoms with Crippen molar-refractivity contribution in [1.82, 2.24) is 14.8 Å². The van der Waals surface area contributed by atoms with Gasteiger partial charge < -0.3 is 15.4 Å². The molecule has 0 saturated carbocycles. The molecule has 2 atom stereocenters. The second kappa shape index (κ2) is 8.74. The van der Waals surface area contributed by atoms with Gasteiger partial charge in [0.05, 0.1) is 29.9 Å². The van der Waals surface area contributed by atoms with Crippen molar-refractivity contribution in [2.45, 2.75) is 51.1 Å². The number of anilines is 2. The Hall–Kier alpha value is -2.59. The average Bonchev–Trinajstić information content (AvgIpc) is 3.26. The molecule has 10 heteroatoms. The summed E-state index contributed by atoms with van der Waals surface area (Å²) >= 11 is 0. The zero-order chi connectivity index (χ0) is 23.0. The van der Waals surface area contributed by atoms with Gasteiger partial charge in [0.25, 0.3) is 0 Å². The van der Waals surface area contributed by atoms with Crippen molar-refractivity contribution in [3.8, 4) is 0 Å². The van der Waals surface area contributed by atoms with Crippen LogP contribution in [0.2, 0.25) is 25.7 Å². The van der Waals surface area contributed by atoms with E-state index in [1.807, 2.05) is 0 Å². The lowest BCUT2D eigenvalue weighted by molar-refractivity contribution is 0.0814. The predicted octanol–water partition coefficient (Wildman–Crippen LogP) is 4.89. The number of halogens is 3. The SMILES string of the molecule is C[Si](C)(C)CCOCn1nc(N2C[C@@H](F)C[C@@H]2c2cc(F)ccc2F)c2cc(N)cnc21. The van der Waals surface area contributed by atoms with Crippen LogP contribution in [0.25, 0.3) is 11.0 Å². The maximum absolute atomic E-state index is 14.5. The van der Waals surface area contributed by atoms with Crippen LogP contribution >= 0.6 is 0 Å². The third-order valence-electron chi connectivity index (χ3n) is 5.64. The molecule has 2 N–H and O–H groups in total. The number of hydrogen-bond acceptors (Lipinski definition) is 5. The first kappa shape index (κ1) is 22.6. The summed E-state index contributed by atoms with van der Waals surface area (Å²) in [7, 11) is -1.24. The van der Waals surface area contributed by atoms with E-state index >= 15 is 0 Å². The van der Waals surface area contributed by atoms with Gasteiger partial charge in [-0.25, -0.2) is 22.8 Å². The smallest absolute Gasteiger partial charge is 0.162 e. The van der Waals surface area contributed by atoms with Crippen LogP contribution in [0, 0.1) is 11.6 Å². The molecule has 0 aliphatic carbocycles. The van der Waals surface area contributed by atoms with Gasteiger partial charge in [-0.3, -0.25) is 0 Å². The Balaban J connectivity index is 1.69. The molecule has 0 radical (unpaired) electrons. The van der Waals surface area contributed by atoms with Crippen molar-refractivity contribution >= 4 is 30.6 Å². The van der Waals surface area contributed by atoms with Crippen LogP contribution in [0.1, 0.15) is 18.0 Å². The van der Waals surface area contributed by atoms with E-state index in [1.165, 1.54) is 6.20 Å². The number of pyridine rings is 1. The van der Waals surface area contributed by atoms with Gasteiger partial charge in [0.2, 0.25) is 0 Å². The molecule has 172 valence electrons. The normalized spacial score (nSPS) is 19.2. The highest BCUT2D eigenvalue weighted by Crippen LogP contribution is 2.41. The molecule has 1 fully saturated rings. The van der Waals surface area contributed by atoms with Crippen molar-refractivity contribution < 1.29 is 17.9 Å². The molecule has 1 aromatic carbocycles. The molecule has 1 aliphatic rings. The van der Waals surface area contributed by atoms with E-state index in [4.69, 9.17) is 10.5 Å². The number of ether oxygens (including phenoxy) is 1. The van der Waals surface area contributed by atoms with E-state index < -0.39 is 31.9 Å². The van der Waals surface area contributed by atoms with E-state index in [9.17, 15) is 13.2 Å². The highest BCUT2D eigenvalue weighted by Gasteiger charge is 2.37. The fourth-order valence-corrected chi connectivity index (χ4v) is 4.73. The summed E-state index contributed by atoms with van der Waals surface area (Å²) < 4.78 is 50.4. The third-order valence-corrected chi connectivity index (χ3v) is 7.34. The monoisotopic (exact) mass is 463 g/mol. The first-order valence-electron chi connectivity index (χ1n) is 10.7. The summed E-state index contributed by atoms with van der Waals surface area (Å²) in [6.07, 6.45) is 0.361. The summed E-state index contributed by atoms with van der Waals surface area (Å²) in [6.45, 7) is 7.62. The Kier molecular flexibility index (Phi) is 6.17. The van der Waals surface area contributed by atoms with Crippen molar-refractivity contribution in [3.63, 3.8) is 0 Å². The van der Waals surface area contributed by atoms with Crippen LogP contribution in [-0.2, 0) is 11.5 Å². The van der Waals surface area contributed by atoms with Crippen molar-refractivity contribution in [2.24, 2.45) is 0 Å². The second-order valence-electron chi connectivity index (χ2n) is 9.48. The minimum atomic E-state index is -1.24. The Bertz CT molecular complexity index is 1120. The highest BCUT2D eigenvalue weighted by atomic mass is 28.3. The summed E-state index contributed by atoms with van der Waals surface area (Å²) in [4.78, 5) is 6.07. The van der Waals surface area contributed by atoms with Gasteiger partial charge in [-0.15, -0.1) is 0 Å². The van der Waals surface area contributed by atoms with E-state index in [0.29, 0.717) is 29.1 Å². The van der Waals surface area contributed by atoms with E-state index in [-0.39, 0.29) is 25.3 Å². The topological polar surface area (TPSA) is 69.2 Å². The maximum atomic E-state index is 14.5. The zero-order valence-corrected chi connectivity index (χ0v) is 19.5. The molecule has 1 aliphatic heterocycles. The Morgan fingerprint density at radius 3 is 2.75 bits per heavy atom. The number of alkyl halides is 1. The second-order valence-corrected chi connectivity index (χ2v) is 15.1. The molecular formula is C22H28F3N5OSi. The summed E-state index contributed by atoms with van der Waals surface area (Å²) in [5, 5.41) is 5.26. The van der Waals surface area contributed by atoms with Crippen LogP contribution in [0.4, 0.5) is 24.7 Å². The number of nitrogens with two attached hydrogens (primary N) is 1. The summed E-state index contributed by atoms with van der Waals surface area (Å²) in [6, 6.07) is 5.27. The molecule has 2 aromatic heterocycles. The van der Waals surface area contributed by atoms with Crippen LogP contribution in [0.15, 0.2) is 30.5 Å². The molecule has 6 nitrogen and oxygen atoms in total. The fourth-order valence-electron chi connectivity index (χ4n) is 3.97. The van der Waals surface area contributed by atoms with Gasteiger partial charge in [-0.05, 0) is 30.3 Å². The number of nitrogen functional groups attached to an aromatic ring is 1. The average molecular weight is 464 g/mol. The lowest BCUT2D eigenvalue weighted by Crippen LogP contribution is -2.25. The molecule has 1 saturated heterocycles. The standard InChI is InChI=1S/C22H28F3N5OSi/c1-32(2,3)7-6-31-13-30-21-18(10-16(26)11-27-21)22(28-30)29-12-15(24)9-20(29)17-8-14(23)4-5-19(17)25/h4-5,8,10-11,15,20H,6-7,9,12-13,26H2,1-3H3/t15-,20+/m0/s1. The van der Waals surface area contributed by atoms with E-state index in [0.717, 1.165) is 24.2 Å². The molecule has 0 amide bonds. The highest BCUT2D eigenvalue weighted by molar-refractivity contribution is 6.76. The molecule has 0 unspecified atom stereocenters. The molecule has 4 rings (SSSR count). The Labute approximate surface area is 186 Å². The first-order chi connectivity index (χ1) is 15.1. The third kappa shape index (κ3) is 4.75. The molecular weight excluding hydrogens is 435 g/mol. The van der Waals surface area contributed by atoms with Crippen LogP contribution < -0.4 is 10.6 Å². The minimum absolute atomic E-state index is 0.0119. The first-order valence-corrected chi connectivity index (χ1v) is 14.4. The van der Waals surface area contributed by atoms with Crippen LogP contribution in [-0.4, -0.2) is 42.2 Å².